The Morgan fingerprint density at radius 3 is 2.50 bits per heavy atom. The number of rotatable bonds is 4. The summed E-state index contributed by atoms with van der Waals surface area (Å²) >= 11 is 0. The van der Waals surface area contributed by atoms with Crippen molar-refractivity contribution in [1.82, 2.24) is 9.80 Å². The molecule has 1 aliphatic rings. The molecule has 1 unspecified atom stereocenters. The number of hydrogen-bond acceptors (Lipinski definition) is 2. The van der Waals surface area contributed by atoms with Crippen LogP contribution in [0.5, 0.6) is 0 Å². The Morgan fingerprint density at radius 2 is 2.00 bits per heavy atom. The number of amides is 1. The van der Waals surface area contributed by atoms with Crippen molar-refractivity contribution in [3.63, 3.8) is 0 Å². The Balaban J connectivity index is 2.56. The molecule has 1 amide bonds. The van der Waals surface area contributed by atoms with Gasteiger partial charge in [-0.3, -0.25) is 4.79 Å². The highest BCUT2D eigenvalue weighted by atomic mass is 16.2. The summed E-state index contributed by atoms with van der Waals surface area (Å²) in [7, 11) is 0. The second-order valence-corrected chi connectivity index (χ2v) is 4.94. The Hall–Kier alpha value is -0.570. The molecule has 0 radical (unpaired) electrons. The first-order valence-corrected chi connectivity index (χ1v) is 6.62. The summed E-state index contributed by atoms with van der Waals surface area (Å²) in [6.45, 7) is 12.3. The molecule has 1 saturated heterocycles. The fourth-order valence-electron chi connectivity index (χ4n) is 2.47. The summed E-state index contributed by atoms with van der Waals surface area (Å²) in [6.07, 6.45) is 2.23. The molecule has 0 aromatic heterocycles. The van der Waals surface area contributed by atoms with Gasteiger partial charge in [0.05, 0.1) is 5.92 Å². The lowest BCUT2D eigenvalue weighted by Crippen LogP contribution is -2.46. The van der Waals surface area contributed by atoms with E-state index in [1.807, 2.05) is 4.90 Å². The van der Waals surface area contributed by atoms with Gasteiger partial charge in [0.2, 0.25) is 5.91 Å². The normalized spacial score (nSPS) is 22.4. The lowest BCUT2D eigenvalue weighted by molar-refractivity contribution is -0.137. The van der Waals surface area contributed by atoms with Crippen molar-refractivity contribution >= 4 is 5.91 Å². The molecule has 1 rings (SSSR count). The van der Waals surface area contributed by atoms with E-state index in [1.54, 1.807) is 0 Å². The quantitative estimate of drug-likeness (QED) is 0.732. The van der Waals surface area contributed by atoms with Gasteiger partial charge in [0.25, 0.3) is 0 Å². The van der Waals surface area contributed by atoms with Gasteiger partial charge >= 0.3 is 0 Å². The van der Waals surface area contributed by atoms with Crippen LogP contribution < -0.4 is 0 Å². The summed E-state index contributed by atoms with van der Waals surface area (Å²) in [5.41, 5.74) is 0. The summed E-state index contributed by atoms with van der Waals surface area (Å²) in [6, 6.07) is 0.562. The van der Waals surface area contributed by atoms with Crippen molar-refractivity contribution in [2.45, 2.75) is 46.6 Å². The lowest BCUT2D eigenvalue weighted by Gasteiger charge is -2.36. The molecule has 0 saturated carbocycles. The molecule has 0 aromatic carbocycles. The zero-order valence-electron chi connectivity index (χ0n) is 11.2. The highest BCUT2D eigenvalue weighted by molar-refractivity contribution is 5.79. The number of likely N-dealkylation sites (tertiary alicyclic amines) is 1. The number of hydrogen-bond donors (Lipinski definition) is 0. The standard InChI is InChI=1S/C13H26N2O/c1-5-14(6-2)13(16)12-8-7-9-15(10-12)11(3)4/h11-12H,5-10H2,1-4H3. The summed E-state index contributed by atoms with van der Waals surface area (Å²) in [5.74, 6) is 0.589. The largest absolute Gasteiger partial charge is 0.343 e. The minimum Gasteiger partial charge on any atom is -0.343 e. The fraction of sp³-hybridized carbons (Fsp3) is 0.923. The zero-order chi connectivity index (χ0) is 12.1. The van der Waals surface area contributed by atoms with Crippen LogP contribution in [0.4, 0.5) is 0 Å². The number of carbonyl (C=O) groups is 1. The molecule has 0 aliphatic carbocycles. The first kappa shape index (κ1) is 13.5. The van der Waals surface area contributed by atoms with Crippen LogP contribution in [0.1, 0.15) is 40.5 Å². The molecule has 0 bridgehead atoms. The van der Waals surface area contributed by atoms with Crippen molar-refractivity contribution < 1.29 is 4.79 Å². The second kappa shape index (κ2) is 6.24. The van der Waals surface area contributed by atoms with Crippen LogP contribution in [0.15, 0.2) is 0 Å². The third kappa shape index (κ3) is 3.21. The van der Waals surface area contributed by atoms with Crippen LogP contribution in [-0.4, -0.2) is 47.9 Å². The van der Waals surface area contributed by atoms with E-state index >= 15 is 0 Å². The van der Waals surface area contributed by atoms with Gasteiger partial charge in [-0.2, -0.15) is 0 Å². The molecule has 1 fully saturated rings. The molecule has 0 spiro atoms. The minimum absolute atomic E-state index is 0.232. The van der Waals surface area contributed by atoms with Crippen molar-refractivity contribution in [3.8, 4) is 0 Å². The maximum atomic E-state index is 12.2. The molecule has 0 aromatic rings. The van der Waals surface area contributed by atoms with Crippen LogP contribution in [0, 0.1) is 5.92 Å². The average Bonchev–Trinajstić information content (AvgIpc) is 2.30. The smallest absolute Gasteiger partial charge is 0.226 e. The van der Waals surface area contributed by atoms with E-state index in [0.717, 1.165) is 39.0 Å². The topological polar surface area (TPSA) is 23.6 Å². The maximum absolute atomic E-state index is 12.2. The molecule has 3 nitrogen and oxygen atoms in total. The van der Waals surface area contributed by atoms with Gasteiger partial charge in [-0.05, 0) is 47.1 Å². The molecular formula is C13H26N2O. The van der Waals surface area contributed by atoms with Crippen molar-refractivity contribution in [2.24, 2.45) is 5.92 Å². The molecular weight excluding hydrogens is 200 g/mol. The van der Waals surface area contributed by atoms with Gasteiger partial charge in [0.1, 0.15) is 0 Å². The predicted molar refractivity (Wildman–Crippen MR) is 67.4 cm³/mol. The third-order valence-corrected chi connectivity index (χ3v) is 3.61. The molecule has 94 valence electrons. The highest BCUT2D eigenvalue weighted by Crippen LogP contribution is 2.20. The molecule has 1 atom stereocenters. The first-order valence-electron chi connectivity index (χ1n) is 6.62. The SMILES string of the molecule is CCN(CC)C(=O)C1CCCN(C(C)C)C1. The Labute approximate surface area is 99.8 Å². The number of nitrogens with zero attached hydrogens (tertiary/aromatic N) is 2. The highest BCUT2D eigenvalue weighted by Gasteiger charge is 2.28. The molecule has 3 heteroatoms. The fourth-order valence-corrected chi connectivity index (χ4v) is 2.47. The number of piperidine rings is 1. The van der Waals surface area contributed by atoms with E-state index in [2.05, 4.69) is 32.6 Å². The first-order chi connectivity index (χ1) is 7.60. The molecule has 16 heavy (non-hydrogen) atoms. The van der Waals surface area contributed by atoms with Crippen molar-refractivity contribution in [1.29, 1.82) is 0 Å². The van der Waals surface area contributed by atoms with Gasteiger partial charge in [-0.1, -0.05) is 0 Å². The Morgan fingerprint density at radius 1 is 1.38 bits per heavy atom. The second-order valence-electron chi connectivity index (χ2n) is 4.94. The van der Waals surface area contributed by atoms with Crippen LogP contribution >= 0.6 is 0 Å². The Kier molecular flexibility index (Phi) is 5.26. The van der Waals surface area contributed by atoms with E-state index in [9.17, 15) is 4.79 Å². The van der Waals surface area contributed by atoms with Gasteiger partial charge in [0, 0.05) is 25.7 Å². The predicted octanol–water partition coefficient (Wildman–Crippen LogP) is 1.98. The monoisotopic (exact) mass is 226 g/mol. The molecule has 1 heterocycles. The van der Waals surface area contributed by atoms with Gasteiger partial charge in [0.15, 0.2) is 0 Å². The van der Waals surface area contributed by atoms with Crippen LogP contribution in [-0.2, 0) is 4.79 Å². The van der Waals surface area contributed by atoms with E-state index in [1.165, 1.54) is 0 Å². The van der Waals surface area contributed by atoms with Gasteiger partial charge in [-0.25, -0.2) is 0 Å². The van der Waals surface area contributed by atoms with Crippen molar-refractivity contribution in [2.75, 3.05) is 26.2 Å². The van der Waals surface area contributed by atoms with E-state index in [4.69, 9.17) is 0 Å². The Bertz CT molecular complexity index is 224. The molecule has 1 aliphatic heterocycles. The van der Waals surface area contributed by atoms with Gasteiger partial charge < -0.3 is 9.80 Å². The number of carbonyl (C=O) groups excluding carboxylic acids is 1. The maximum Gasteiger partial charge on any atom is 0.226 e. The van der Waals surface area contributed by atoms with Crippen LogP contribution in [0.3, 0.4) is 0 Å². The third-order valence-electron chi connectivity index (χ3n) is 3.61. The lowest BCUT2D eigenvalue weighted by atomic mass is 9.95. The average molecular weight is 226 g/mol. The van der Waals surface area contributed by atoms with Crippen LogP contribution in [0.25, 0.3) is 0 Å². The zero-order valence-corrected chi connectivity index (χ0v) is 11.2. The minimum atomic E-state index is 0.232. The van der Waals surface area contributed by atoms with E-state index in [0.29, 0.717) is 11.9 Å². The summed E-state index contributed by atoms with van der Waals surface area (Å²) < 4.78 is 0. The van der Waals surface area contributed by atoms with Gasteiger partial charge in [-0.15, -0.1) is 0 Å². The van der Waals surface area contributed by atoms with E-state index < -0.39 is 0 Å². The molecule has 0 N–H and O–H groups in total. The van der Waals surface area contributed by atoms with Crippen molar-refractivity contribution in [3.05, 3.63) is 0 Å². The van der Waals surface area contributed by atoms with E-state index in [-0.39, 0.29) is 5.92 Å². The summed E-state index contributed by atoms with van der Waals surface area (Å²) in [5, 5.41) is 0. The summed E-state index contributed by atoms with van der Waals surface area (Å²) in [4.78, 5) is 16.6. The van der Waals surface area contributed by atoms with Crippen LogP contribution in [0.2, 0.25) is 0 Å².